The van der Waals surface area contributed by atoms with Crippen molar-refractivity contribution in [3.63, 3.8) is 0 Å². The molecule has 0 radical (unpaired) electrons. The molecular weight excluding hydrogens is 188 g/mol. The van der Waals surface area contributed by atoms with Gasteiger partial charge in [0.15, 0.2) is 0 Å². The Balaban J connectivity index is 3.05. The molecule has 0 amide bonds. The van der Waals surface area contributed by atoms with Crippen molar-refractivity contribution >= 4 is 5.97 Å². The highest BCUT2D eigenvalue weighted by atomic mass is 16.4. The van der Waals surface area contributed by atoms with E-state index < -0.39 is 11.4 Å². The van der Waals surface area contributed by atoms with Crippen molar-refractivity contribution in [2.24, 2.45) is 5.41 Å². The summed E-state index contributed by atoms with van der Waals surface area (Å²) in [5.74, 6) is -0.672. The van der Waals surface area contributed by atoms with Crippen molar-refractivity contribution in [2.45, 2.75) is 33.1 Å². The van der Waals surface area contributed by atoms with Gasteiger partial charge in [-0.25, -0.2) is 0 Å². The second kappa shape index (κ2) is 4.47. The third kappa shape index (κ3) is 2.38. The Morgan fingerprint density at radius 2 is 1.87 bits per heavy atom. The van der Waals surface area contributed by atoms with E-state index in [0.717, 1.165) is 12.0 Å². The van der Waals surface area contributed by atoms with Crippen LogP contribution in [0, 0.1) is 5.41 Å². The van der Waals surface area contributed by atoms with Crippen LogP contribution in [0.25, 0.3) is 0 Å². The van der Waals surface area contributed by atoms with Crippen LogP contribution in [-0.2, 0) is 4.79 Å². The Kier molecular flexibility index (Phi) is 3.51. The lowest BCUT2D eigenvalue weighted by atomic mass is 9.73. The summed E-state index contributed by atoms with van der Waals surface area (Å²) in [5.41, 5.74) is 0.392. The molecule has 2 nitrogen and oxygen atoms in total. The van der Waals surface area contributed by atoms with Crippen LogP contribution in [0.15, 0.2) is 30.3 Å². The standard InChI is InChI=1S/C13H18O2/c1-4-11(13(2,3)12(14)15)10-8-6-5-7-9-10/h5-9,11H,4H2,1-3H3,(H,14,15)/t11-/m1/s1. The Morgan fingerprint density at radius 1 is 1.33 bits per heavy atom. The predicted molar refractivity (Wildman–Crippen MR) is 60.9 cm³/mol. The van der Waals surface area contributed by atoms with Crippen LogP contribution in [0.3, 0.4) is 0 Å². The molecule has 1 aromatic rings. The van der Waals surface area contributed by atoms with Crippen molar-refractivity contribution in [3.8, 4) is 0 Å². The number of carbonyl (C=O) groups is 1. The first kappa shape index (κ1) is 11.8. The van der Waals surface area contributed by atoms with E-state index in [1.54, 1.807) is 13.8 Å². The summed E-state index contributed by atoms with van der Waals surface area (Å²) >= 11 is 0. The summed E-state index contributed by atoms with van der Waals surface area (Å²) in [5, 5.41) is 9.20. The van der Waals surface area contributed by atoms with Gasteiger partial charge in [-0.2, -0.15) is 0 Å². The van der Waals surface area contributed by atoms with Gasteiger partial charge in [0.25, 0.3) is 0 Å². The Morgan fingerprint density at radius 3 is 2.27 bits per heavy atom. The molecule has 0 unspecified atom stereocenters. The first-order valence-electron chi connectivity index (χ1n) is 5.28. The summed E-state index contributed by atoms with van der Waals surface area (Å²) in [6.07, 6.45) is 0.837. The number of carboxylic acid groups (broad SMARTS) is 1. The first-order chi connectivity index (χ1) is 7.00. The van der Waals surface area contributed by atoms with Crippen molar-refractivity contribution in [3.05, 3.63) is 35.9 Å². The molecule has 0 aliphatic carbocycles. The highest BCUT2D eigenvalue weighted by molar-refractivity contribution is 5.75. The van der Waals surface area contributed by atoms with Crippen LogP contribution in [0.2, 0.25) is 0 Å². The van der Waals surface area contributed by atoms with Gasteiger partial charge in [0.05, 0.1) is 5.41 Å². The van der Waals surface area contributed by atoms with Gasteiger partial charge < -0.3 is 5.11 Å². The molecule has 1 rings (SSSR count). The minimum Gasteiger partial charge on any atom is -0.481 e. The van der Waals surface area contributed by atoms with E-state index in [1.807, 2.05) is 37.3 Å². The Hall–Kier alpha value is -1.31. The lowest BCUT2D eigenvalue weighted by molar-refractivity contribution is -0.148. The average Bonchev–Trinajstić information content (AvgIpc) is 2.19. The van der Waals surface area contributed by atoms with Gasteiger partial charge >= 0.3 is 5.97 Å². The Labute approximate surface area is 90.9 Å². The van der Waals surface area contributed by atoms with E-state index in [0.29, 0.717) is 0 Å². The lowest BCUT2D eigenvalue weighted by Crippen LogP contribution is -2.31. The first-order valence-corrected chi connectivity index (χ1v) is 5.28. The van der Waals surface area contributed by atoms with Crippen LogP contribution < -0.4 is 0 Å². The molecule has 0 spiro atoms. The zero-order valence-corrected chi connectivity index (χ0v) is 9.53. The maximum Gasteiger partial charge on any atom is 0.309 e. The summed E-state index contributed by atoms with van der Waals surface area (Å²) in [7, 11) is 0. The van der Waals surface area contributed by atoms with E-state index >= 15 is 0 Å². The summed E-state index contributed by atoms with van der Waals surface area (Å²) in [4.78, 5) is 11.2. The van der Waals surface area contributed by atoms with Gasteiger partial charge in [-0.15, -0.1) is 0 Å². The smallest absolute Gasteiger partial charge is 0.309 e. The quantitative estimate of drug-likeness (QED) is 0.820. The van der Waals surface area contributed by atoms with Gasteiger partial charge in [0, 0.05) is 0 Å². The summed E-state index contributed by atoms with van der Waals surface area (Å²) < 4.78 is 0. The van der Waals surface area contributed by atoms with E-state index in [-0.39, 0.29) is 5.92 Å². The average molecular weight is 206 g/mol. The fraction of sp³-hybridized carbons (Fsp3) is 0.462. The highest BCUT2D eigenvalue weighted by Crippen LogP contribution is 2.38. The van der Waals surface area contributed by atoms with Gasteiger partial charge in [0.2, 0.25) is 0 Å². The maximum atomic E-state index is 11.2. The fourth-order valence-corrected chi connectivity index (χ4v) is 2.00. The molecule has 1 atom stereocenters. The molecule has 1 N–H and O–H groups in total. The molecule has 82 valence electrons. The minimum absolute atomic E-state index is 0.0659. The van der Waals surface area contributed by atoms with Gasteiger partial charge in [-0.05, 0) is 31.7 Å². The van der Waals surface area contributed by atoms with Gasteiger partial charge in [-0.3, -0.25) is 4.79 Å². The SMILES string of the molecule is CC[C@H](c1ccccc1)C(C)(C)C(=O)O. The van der Waals surface area contributed by atoms with Crippen molar-refractivity contribution in [1.29, 1.82) is 0 Å². The second-order valence-corrected chi connectivity index (χ2v) is 4.40. The van der Waals surface area contributed by atoms with Crippen LogP contribution in [0.4, 0.5) is 0 Å². The molecule has 0 saturated heterocycles. The summed E-state index contributed by atoms with van der Waals surface area (Å²) in [6, 6.07) is 9.85. The van der Waals surface area contributed by atoms with Crippen molar-refractivity contribution in [2.75, 3.05) is 0 Å². The number of aliphatic carboxylic acids is 1. The van der Waals surface area contributed by atoms with E-state index in [2.05, 4.69) is 0 Å². The second-order valence-electron chi connectivity index (χ2n) is 4.40. The normalized spacial score (nSPS) is 13.5. The number of hydrogen-bond donors (Lipinski definition) is 1. The maximum absolute atomic E-state index is 11.2. The zero-order chi connectivity index (χ0) is 11.5. The Bertz CT molecular complexity index is 328. The molecule has 0 aliphatic heterocycles. The van der Waals surface area contributed by atoms with Crippen LogP contribution in [0.1, 0.15) is 38.7 Å². The molecule has 0 saturated carbocycles. The summed E-state index contributed by atoms with van der Waals surface area (Å²) in [6.45, 7) is 5.61. The van der Waals surface area contributed by atoms with Gasteiger partial charge in [0.1, 0.15) is 0 Å². The van der Waals surface area contributed by atoms with Crippen LogP contribution in [-0.4, -0.2) is 11.1 Å². The third-order valence-electron chi connectivity index (χ3n) is 3.03. The molecule has 1 aromatic carbocycles. The van der Waals surface area contributed by atoms with Crippen molar-refractivity contribution in [1.82, 2.24) is 0 Å². The highest BCUT2D eigenvalue weighted by Gasteiger charge is 2.36. The molecule has 0 heterocycles. The monoisotopic (exact) mass is 206 g/mol. The van der Waals surface area contributed by atoms with Gasteiger partial charge in [-0.1, -0.05) is 37.3 Å². The number of carboxylic acids is 1. The molecule has 0 fully saturated rings. The molecule has 0 aliphatic rings. The number of hydrogen-bond acceptors (Lipinski definition) is 1. The third-order valence-corrected chi connectivity index (χ3v) is 3.03. The number of rotatable bonds is 4. The molecule has 15 heavy (non-hydrogen) atoms. The number of benzene rings is 1. The van der Waals surface area contributed by atoms with E-state index in [1.165, 1.54) is 0 Å². The molecule has 2 heteroatoms. The van der Waals surface area contributed by atoms with Crippen LogP contribution in [0.5, 0.6) is 0 Å². The van der Waals surface area contributed by atoms with Crippen LogP contribution >= 0.6 is 0 Å². The molecule has 0 bridgehead atoms. The molecular formula is C13H18O2. The largest absolute Gasteiger partial charge is 0.481 e. The lowest BCUT2D eigenvalue weighted by Gasteiger charge is -2.29. The molecule has 0 aromatic heterocycles. The minimum atomic E-state index is -0.738. The predicted octanol–water partition coefficient (Wildman–Crippen LogP) is 3.29. The van der Waals surface area contributed by atoms with E-state index in [9.17, 15) is 9.90 Å². The zero-order valence-electron chi connectivity index (χ0n) is 9.53. The fourth-order valence-electron chi connectivity index (χ4n) is 2.00. The topological polar surface area (TPSA) is 37.3 Å². The van der Waals surface area contributed by atoms with E-state index in [4.69, 9.17) is 0 Å². The van der Waals surface area contributed by atoms with Crippen molar-refractivity contribution < 1.29 is 9.90 Å².